The first-order chi connectivity index (χ1) is 14.6. The molecule has 4 nitrogen and oxygen atoms in total. The maximum atomic E-state index is 12.6. The number of hydrogen-bond acceptors (Lipinski definition) is 4. The van der Waals surface area contributed by atoms with E-state index in [1.807, 2.05) is 74.5 Å². The zero-order valence-electron chi connectivity index (χ0n) is 17.1. The lowest BCUT2D eigenvalue weighted by Gasteiger charge is -2.12. The highest BCUT2D eigenvalue weighted by Crippen LogP contribution is 2.27. The van der Waals surface area contributed by atoms with E-state index in [1.54, 1.807) is 0 Å². The Morgan fingerprint density at radius 1 is 0.867 bits per heavy atom. The van der Waals surface area contributed by atoms with Crippen molar-refractivity contribution in [1.29, 1.82) is 0 Å². The minimum absolute atomic E-state index is 0.0373. The van der Waals surface area contributed by atoms with Gasteiger partial charge in [0.1, 0.15) is 10.9 Å². The van der Waals surface area contributed by atoms with Gasteiger partial charge in [0, 0.05) is 17.5 Å². The number of carbonyl (C=O) groups is 1. The zero-order chi connectivity index (χ0) is 20.9. The highest BCUT2D eigenvalue weighted by atomic mass is 32.2. The summed E-state index contributed by atoms with van der Waals surface area (Å²) in [5.74, 6) is 1.02. The lowest BCUT2D eigenvalue weighted by atomic mass is 10.1. The SMILES string of the molecule is Cc1cccc(C)c1NC(=O)CSc1nc(Cc2ccccc2)nc2ccccc12. The van der Waals surface area contributed by atoms with E-state index in [2.05, 4.69) is 17.4 Å². The summed E-state index contributed by atoms with van der Waals surface area (Å²) in [6.45, 7) is 4.01. The van der Waals surface area contributed by atoms with E-state index in [9.17, 15) is 4.79 Å². The Bertz CT molecular complexity index is 1170. The molecule has 5 heteroatoms. The van der Waals surface area contributed by atoms with E-state index in [4.69, 9.17) is 9.97 Å². The van der Waals surface area contributed by atoms with Crippen LogP contribution in [0, 0.1) is 13.8 Å². The third kappa shape index (κ3) is 4.69. The van der Waals surface area contributed by atoms with E-state index in [1.165, 1.54) is 11.8 Å². The molecule has 1 N–H and O–H groups in total. The maximum Gasteiger partial charge on any atom is 0.234 e. The number of nitrogens with one attached hydrogen (secondary N) is 1. The standard InChI is InChI=1S/C25H23N3OS/c1-17-9-8-10-18(2)24(17)28-23(29)16-30-25-20-13-6-7-14-21(20)26-22(27-25)15-19-11-4-3-5-12-19/h3-14H,15-16H2,1-2H3,(H,28,29). The minimum Gasteiger partial charge on any atom is -0.325 e. The Labute approximate surface area is 180 Å². The second-order valence-corrected chi connectivity index (χ2v) is 8.19. The molecular weight excluding hydrogens is 390 g/mol. The summed E-state index contributed by atoms with van der Waals surface area (Å²) in [7, 11) is 0. The van der Waals surface area contributed by atoms with Crippen molar-refractivity contribution in [3.05, 3.63) is 95.3 Å². The van der Waals surface area contributed by atoms with Gasteiger partial charge in [0.05, 0.1) is 11.3 Å². The molecule has 1 heterocycles. The first kappa shape index (κ1) is 20.1. The Balaban J connectivity index is 1.55. The lowest BCUT2D eigenvalue weighted by molar-refractivity contribution is -0.113. The number of anilines is 1. The summed E-state index contributed by atoms with van der Waals surface area (Å²) in [6, 6.07) is 24.1. The van der Waals surface area contributed by atoms with Crippen LogP contribution in [-0.2, 0) is 11.2 Å². The second-order valence-electron chi connectivity index (χ2n) is 7.23. The smallest absolute Gasteiger partial charge is 0.234 e. The second kappa shape index (κ2) is 9.09. The largest absolute Gasteiger partial charge is 0.325 e. The summed E-state index contributed by atoms with van der Waals surface area (Å²) >= 11 is 1.45. The maximum absolute atomic E-state index is 12.6. The molecule has 0 atom stereocenters. The van der Waals surface area contributed by atoms with Crippen molar-refractivity contribution in [1.82, 2.24) is 9.97 Å². The Morgan fingerprint density at radius 3 is 2.33 bits per heavy atom. The number of para-hydroxylation sites is 2. The van der Waals surface area contributed by atoms with Crippen molar-refractivity contribution in [2.24, 2.45) is 0 Å². The monoisotopic (exact) mass is 413 g/mol. The van der Waals surface area contributed by atoms with Crippen LogP contribution in [0.3, 0.4) is 0 Å². The molecule has 0 aliphatic heterocycles. The van der Waals surface area contributed by atoms with Crippen LogP contribution in [0.5, 0.6) is 0 Å². The molecule has 0 unspecified atom stereocenters. The number of rotatable bonds is 6. The molecular formula is C25H23N3OS. The van der Waals surface area contributed by atoms with Gasteiger partial charge < -0.3 is 5.32 Å². The van der Waals surface area contributed by atoms with Crippen LogP contribution in [-0.4, -0.2) is 21.6 Å². The van der Waals surface area contributed by atoms with Crippen LogP contribution in [0.1, 0.15) is 22.5 Å². The molecule has 30 heavy (non-hydrogen) atoms. The molecule has 0 saturated heterocycles. The Hall–Kier alpha value is -3.18. The molecule has 4 aromatic rings. The minimum atomic E-state index is -0.0373. The van der Waals surface area contributed by atoms with E-state index >= 15 is 0 Å². The van der Waals surface area contributed by atoms with Gasteiger partial charge in [-0.05, 0) is 36.6 Å². The topological polar surface area (TPSA) is 54.9 Å². The van der Waals surface area contributed by atoms with Crippen molar-refractivity contribution in [2.75, 3.05) is 11.1 Å². The quantitative estimate of drug-likeness (QED) is 0.332. The Kier molecular flexibility index (Phi) is 6.10. The molecule has 0 saturated carbocycles. The first-order valence-corrected chi connectivity index (χ1v) is 10.9. The van der Waals surface area contributed by atoms with E-state index < -0.39 is 0 Å². The lowest BCUT2D eigenvalue weighted by Crippen LogP contribution is -2.16. The molecule has 0 aliphatic carbocycles. The summed E-state index contributed by atoms with van der Waals surface area (Å²) in [5.41, 5.74) is 5.07. The van der Waals surface area contributed by atoms with Crippen molar-refractivity contribution in [2.45, 2.75) is 25.3 Å². The van der Waals surface area contributed by atoms with Crippen molar-refractivity contribution in [3.8, 4) is 0 Å². The average molecular weight is 414 g/mol. The number of aryl methyl sites for hydroxylation is 2. The van der Waals surface area contributed by atoms with Gasteiger partial charge >= 0.3 is 0 Å². The van der Waals surface area contributed by atoms with Crippen LogP contribution in [0.2, 0.25) is 0 Å². The summed E-state index contributed by atoms with van der Waals surface area (Å²) in [4.78, 5) is 22.1. The number of amides is 1. The highest BCUT2D eigenvalue weighted by Gasteiger charge is 2.12. The Morgan fingerprint density at radius 2 is 1.57 bits per heavy atom. The molecule has 0 bridgehead atoms. The first-order valence-electron chi connectivity index (χ1n) is 9.88. The van der Waals surface area contributed by atoms with Gasteiger partial charge in [0.15, 0.2) is 0 Å². The van der Waals surface area contributed by atoms with Crippen LogP contribution >= 0.6 is 11.8 Å². The van der Waals surface area contributed by atoms with Gasteiger partial charge in [-0.1, -0.05) is 78.5 Å². The summed E-state index contributed by atoms with van der Waals surface area (Å²) < 4.78 is 0. The third-order valence-electron chi connectivity index (χ3n) is 4.91. The normalized spacial score (nSPS) is 10.9. The number of fused-ring (bicyclic) bond motifs is 1. The molecule has 3 aromatic carbocycles. The molecule has 150 valence electrons. The number of nitrogens with zero attached hydrogens (tertiary/aromatic N) is 2. The molecule has 0 spiro atoms. The summed E-state index contributed by atoms with van der Waals surface area (Å²) in [5, 5.41) is 4.86. The number of thioether (sulfide) groups is 1. The molecule has 1 aromatic heterocycles. The van der Waals surface area contributed by atoms with Gasteiger partial charge in [0.2, 0.25) is 5.91 Å². The van der Waals surface area contributed by atoms with Gasteiger partial charge in [0.25, 0.3) is 0 Å². The molecule has 0 aliphatic rings. The molecule has 0 fully saturated rings. The van der Waals surface area contributed by atoms with Crippen molar-refractivity contribution >= 4 is 34.3 Å². The number of carbonyl (C=O) groups excluding carboxylic acids is 1. The number of aromatic nitrogens is 2. The fraction of sp³-hybridized carbons (Fsp3) is 0.160. The van der Waals surface area contributed by atoms with Crippen LogP contribution in [0.25, 0.3) is 10.9 Å². The fourth-order valence-electron chi connectivity index (χ4n) is 3.38. The van der Waals surface area contributed by atoms with Gasteiger partial charge in [-0.2, -0.15) is 0 Å². The van der Waals surface area contributed by atoms with Gasteiger partial charge in [-0.3, -0.25) is 4.79 Å². The third-order valence-corrected chi connectivity index (χ3v) is 5.90. The average Bonchev–Trinajstić information content (AvgIpc) is 2.75. The number of hydrogen-bond donors (Lipinski definition) is 1. The van der Waals surface area contributed by atoms with Crippen LogP contribution in [0.15, 0.2) is 77.8 Å². The predicted octanol–water partition coefficient (Wildman–Crippen LogP) is 5.57. The van der Waals surface area contributed by atoms with Gasteiger partial charge in [-0.15, -0.1) is 0 Å². The van der Waals surface area contributed by atoms with E-state index in [-0.39, 0.29) is 5.91 Å². The fourth-order valence-corrected chi connectivity index (χ4v) is 4.22. The van der Waals surface area contributed by atoms with E-state index in [0.717, 1.165) is 44.1 Å². The molecule has 4 rings (SSSR count). The van der Waals surface area contributed by atoms with Crippen LogP contribution in [0.4, 0.5) is 5.69 Å². The molecule has 0 radical (unpaired) electrons. The highest BCUT2D eigenvalue weighted by molar-refractivity contribution is 8.00. The van der Waals surface area contributed by atoms with Gasteiger partial charge in [-0.25, -0.2) is 9.97 Å². The predicted molar refractivity (Wildman–Crippen MR) is 124 cm³/mol. The summed E-state index contributed by atoms with van der Waals surface area (Å²) in [6.07, 6.45) is 0.661. The van der Waals surface area contributed by atoms with E-state index in [0.29, 0.717) is 12.2 Å². The zero-order valence-corrected chi connectivity index (χ0v) is 17.9. The van der Waals surface area contributed by atoms with Crippen molar-refractivity contribution < 1.29 is 4.79 Å². The van der Waals surface area contributed by atoms with Crippen LogP contribution < -0.4 is 5.32 Å². The number of benzene rings is 3. The molecule has 1 amide bonds. The van der Waals surface area contributed by atoms with Crippen molar-refractivity contribution in [3.63, 3.8) is 0 Å².